The summed E-state index contributed by atoms with van der Waals surface area (Å²) < 4.78 is 40.2. The summed E-state index contributed by atoms with van der Waals surface area (Å²) in [6.07, 6.45) is -2.48. The summed E-state index contributed by atoms with van der Waals surface area (Å²) in [4.78, 5) is 13.0. The first kappa shape index (κ1) is 18.3. The van der Waals surface area contributed by atoms with Gasteiger partial charge < -0.3 is 0 Å². The van der Waals surface area contributed by atoms with Crippen LogP contribution < -0.4 is 5.56 Å². The van der Waals surface area contributed by atoms with Gasteiger partial charge in [0.05, 0.1) is 10.7 Å². The number of rotatable bonds is 6. The van der Waals surface area contributed by atoms with Gasteiger partial charge in [-0.05, 0) is 43.2 Å². The topological polar surface area (TPSA) is 34.9 Å². The fraction of sp³-hybridized carbons (Fsp3) is 0.412. The van der Waals surface area contributed by atoms with Gasteiger partial charge in [-0.25, -0.2) is 4.68 Å². The molecule has 2 aromatic rings. The van der Waals surface area contributed by atoms with Crippen molar-refractivity contribution < 1.29 is 13.2 Å². The Morgan fingerprint density at radius 3 is 2.64 bits per heavy atom. The highest BCUT2D eigenvalue weighted by Gasteiger charge is 2.37. The van der Waals surface area contributed by atoms with E-state index in [0.717, 1.165) is 28.5 Å². The number of hydrogen-bond acceptors (Lipinski definition) is 3. The molecule has 0 atom stereocenters. The molecule has 1 aromatic heterocycles. The summed E-state index contributed by atoms with van der Waals surface area (Å²) in [6.45, 7) is 0.153. The first-order chi connectivity index (χ1) is 11.9. The van der Waals surface area contributed by atoms with Gasteiger partial charge in [-0.3, -0.25) is 4.79 Å². The van der Waals surface area contributed by atoms with Crippen LogP contribution in [0.4, 0.5) is 13.2 Å². The predicted molar refractivity (Wildman–Crippen MR) is 92.3 cm³/mol. The minimum atomic E-state index is -4.66. The number of halogens is 4. The number of hydrogen-bond donors (Lipinski definition) is 0. The summed E-state index contributed by atoms with van der Waals surface area (Å²) in [5, 5.41) is 4.78. The van der Waals surface area contributed by atoms with Crippen molar-refractivity contribution in [3.63, 3.8) is 0 Å². The van der Waals surface area contributed by atoms with Crippen LogP contribution in [0.15, 0.2) is 40.0 Å². The molecule has 25 heavy (non-hydrogen) atoms. The molecule has 1 aromatic carbocycles. The Morgan fingerprint density at radius 2 is 2.00 bits per heavy atom. The minimum absolute atomic E-state index is 0.0467. The zero-order valence-electron chi connectivity index (χ0n) is 13.2. The van der Waals surface area contributed by atoms with Crippen LogP contribution >= 0.6 is 23.4 Å². The van der Waals surface area contributed by atoms with Gasteiger partial charge in [-0.15, -0.1) is 11.8 Å². The van der Waals surface area contributed by atoms with Crippen molar-refractivity contribution in [2.45, 2.75) is 42.8 Å². The summed E-state index contributed by atoms with van der Waals surface area (Å²) in [7, 11) is 0. The molecular formula is C17H16ClF3N2OS. The second kappa shape index (κ2) is 7.41. The van der Waals surface area contributed by atoms with E-state index in [1.807, 2.05) is 18.2 Å². The van der Waals surface area contributed by atoms with E-state index in [1.165, 1.54) is 11.8 Å². The zero-order valence-corrected chi connectivity index (χ0v) is 14.8. The average Bonchev–Trinajstić information content (AvgIpc) is 3.38. The molecule has 8 heteroatoms. The molecule has 1 saturated carbocycles. The Labute approximate surface area is 152 Å². The third-order valence-electron chi connectivity index (χ3n) is 3.90. The van der Waals surface area contributed by atoms with Crippen LogP contribution in [0.25, 0.3) is 0 Å². The Balaban J connectivity index is 1.70. The van der Waals surface area contributed by atoms with Gasteiger partial charge in [0, 0.05) is 17.4 Å². The highest BCUT2D eigenvalue weighted by molar-refractivity contribution is 7.99. The van der Waals surface area contributed by atoms with Crippen LogP contribution in [0.1, 0.15) is 36.4 Å². The third-order valence-corrected chi connectivity index (χ3v) is 5.50. The molecule has 3 nitrogen and oxygen atoms in total. The Kier molecular flexibility index (Phi) is 5.43. The lowest BCUT2D eigenvalue weighted by molar-refractivity contribution is -0.139. The van der Waals surface area contributed by atoms with E-state index in [1.54, 1.807) is 6.07 Å². The van der Waals surface area contributed by atoms with E-state index in [-0.39, 0.29) is 12.5 Å². The van der Waals surface area contributed by atoms with Crippen LogP contribution in [-0.4, -0.2) is 15.5 Å². The van der Waals surface area contributed by atoms with Crippen molar-refractivity contribution in [3.05, 3.63) is 57.0 Å². The van der Waals surface area contributed by atoms with Gasteiger partial charge in [-0.2, -0.15) is 18.3 Å². The van der Waals surface area contributed by atoms with Crippen molar-refractivity contribution in [2.24, 2.45) is 0 Å². The van der Waals surface area contributed by atoms with Gasteiger partial charge in [0.2, 0.25) is 0 Å². The molecule has 0 spiro atoms. The molecule has 1 heterocycles. The maximum atomic E-state index is 13.1. The Morgan fingerprint density at radius 1 is 1.28 bits per heavy atom. The summed E-state index contributed by atoms with van der Waals surface area (Å²) in [5.74, 6) is 0.679. The van der Waals surface area contributed by atoms with Gasteiger partial charge in [-0.1, -0.05) is 23.7 Å². The SMILES string of the molecule is O=c1c(C(F)(F)F)cc(C2CC2)nn1CCCSc1ccccc1Cl. The smallest absolute Gasteiger partial charge is 0.267 e. The maximum absolute atomic E-state index is 13.1. The molecule has 0 radical (unpaired) electrons. The molecule has 0 bridgehead atoms. The zero-order chi connectivity index (χ0) is 18.0. The summed E-state index contributed by atoms with van der Waals surface area (Å²) in [6, 6.07) is 8.28. The average molecular weight is 389 g/mol. The number of thioether (sulfide) groups is 1. The van der Waals surface area contributed by atoms with E-state index in [0.29, 0.717) is 22.9 Å². The first-order valence-corrected chi connectivity index (χ1v) is 9.29. The van der Waals surface area contributed by atoms with Gasteiger partial charge in [0.1, 0.15) is 5.56 Å². The fourth-order valence-corrected chi connectivity index (χ4v) is 3.63. The third kappa shape index (κ3) is 4.58. The fourth-order valence-electron chi connectivity index (χ4n) is 2.45. The molecule has 1 aliphatic carbocycles. The maximum Gasteiger partial charge on any atom is 0.421 e. The van der Waals surface area contributed by atoms with Crippen molar-refractivity contribution in [1.82, 2.24) is 9.78 Å². The number of aryl methyl sites for hydroxylation is 1. The van der Waals surface area contributed by atoms with Crippen molar-refractivity contribution in [3.8, 4) is 0 Å². The normalized spacial score (nSPS) is 14.7. The largest absolute Gasteiger partial charge is 0.421 e. The van der Waals surface area contributed by atoms with Gasteiger partial charge >= 0.3 is 6.18 Å². The van der Waals surface area contributed by atoms with Crippen molar-refractivity contribution in [2.75, 3.05) is 5.75 Å². The highest BCUT2D eigenvalue weighted by Crippen LogP contribution is 2.40. The van der Waals surface area contributed by atoms with Crippen LogP contribution in [0.3, 0.4) is 0 Å². The Bertz CT molecular complexity index is 818. The molecule has 0 amide bonds. The lowest BCUT2D eigenvalue weighted by atomic mass is 10.2. The van der Waals surface area contributed by atoms with Crippen molar-refractivity contribution in [1.29, 1.82) is 0 Å². The van der Waals surface area contributed by atoms with E-state index in [4.69, 9.17) is 11.6 Å². The number of aromatic nitrogens is 2. The number of benzene rings is 1. The first-order valence-electron chi connectivity index (χ1n) is 7.93. The predicted octanol–water partition coefficient (Wildman–Crippen LogP) is 4.98. The van der Waals surface area contributed by atoms with Crippen LogP contribution in [0.5, 0.6) is 0 Å². The molecule has 1 fully saturated rings. The minimum Gasteiger partial charge on any atom is -0.267 e. The van der Waals surface area contributed by atoms with E-state index >= 15 is 0 Å². The van der Waals surface area contributed by atoms with Crippen molar-refractivity contribution >= 4 is 23.4 Å². The number of alkyl halides is 3. The second-order valence-electron chi connectivity index (χ2n) is 5.92. The molecular weight excluding hydrogens is 373 g/mol. The molecule has 3 rings (SSSR count). The van der Waals surface area contributed by atoms with E-state index in [9.17, 15) is 18.0 Å². The van der Waals surface area contributed by atoms with E-state index < -0.39 is 17.3 Å². The van der Waals surface area contributed by atoms with Crippen LogP contribution in [0, 0.1) is 0 Å². The van der Waals surface area contributed by atoms with Gasteiger partial charge in [0.25, 0.3) is 5.56 Å². The lowest BCUT2D eigenvalue weighted by Crippen LogP contribution is -2.31. The molecule has 0 saturated heterocycles. The summed E-state index contributed by atoms with van der Waals surface area (Å²) in [5.41, 5.74) is -1.83. The second-order valence-corrected chi connectivity index (χ2v) is 7.46. The van der Waals surface area contributed by atoms with Gasteiger partial charge in [0.15, 0.2) is 0 Å². The standard InChI is InChI=1S/C17H16ClF3N2OS/c18-13-4-1-2-5-15(13)25-9-3-8-23-16(24)12(17(19,20)21)10-14(22-23)11-6-7-11/h1-2,4-5,10-11H,3,6-9H2. The monoisotopic (exact) mass is 388 g/mol. The summed E-state index contributed by atoms with van der Waals surface area (Å²) >= 11 is 7.57. The van der Waals surface area contributed by atoms with Crippen LogP contribution in [0.2, 0.25) is 5.02 Å². The molecule has 0 N–H and O–H groups in total. The number of nitrogens with zero attached hydrogens (tertiary/aromatic N) is 2. The van der Waals surface area contributed by atoms with E-state index in [2.05, 4.69) is 5.10 Å². The highest BCUT2D eigenvalue weighted by atomic mass is 35.5. The Hall–Kier alpha value is -1.47. The van der Waals surface area contributed by atoms with Crippen LogP contribution in [-0.2, 0) is 12.7 Å². The molecule has 134 valence electrons. The molecule has 0 aliphatic heterocycles. The molecule has 1 aliphatic rings. The molecule has 0 unspecified atom stereocenters. The quantitative estimate of drug-likeness (QED) is 0.517. The lowest BCUT2D eigenvalue weighted by Gasteiger charge is -2.12.